The molecule has 98 valence electrons. The van der Waals surface area contributed by atoms with E-state index in [2.05, 4.69) is 5.32 Å². The lowest BCUT2D eigenvalue weighted by Gasteiger charge is -2.24. The third kappa shape index (κ3) is 4.83. The van der Waals surface area contributed by atoms with Crippen molar-refractivity contribution in [2.24, 2.45) is 5.92 Å². The summed E-state index contributed by atoms with van der Waals surface area (Å²) in [5, 5.41) is 2.96. The maximum atomic E-state index is 12.1. The van der Waals surface area contributed by atoms with Crippen molar-refractivity contribution in [3.05, 3.63) is 0 Å². The third-order valence-corrected chi connectivity index (χ3v) is 5.75. The molecule has 0 aliphatic heterocycles. The van der Waals surface area contributed by atoms with E-state index < -0.39 is 9.84 Å². The Morgan fingerprint density at radius 3 is 2.00 bits per heavy atom. The van der Waals surface area contributed by atoms with Crippen LogP contribution in [0, 0.1) is 5.92 Å². The molecule has 0 fully saturated rings. The van der Waals surface area contributed by atoms with Crippen molar-refractivity contribution >= 4 is 9.84 Å². The van der Waals surface area contributed by atoms with Gasteiger partial charge in [-0.3, -0.25) is 0 Å². The summed E-state index contributed by atoms with van der Waals surface area (Å²) in [6.07, 6.45) is 1.78. The van der Waals surface area contributed by atoms with Crippen LogP contribution in [0.15, 0.2) is 0 Å². The first kappa shape index (κ1) is 15.9. The van der Waals surface area contributed by atoms with Crippen molar-refractivity contribution in [2.75, 3.05) is 12.3 Å². The quantitative estimate of drug-likeness (QED) is 0.717. The van der Waals surface area contributed by atoms with Gasteiger partial charge in [0.1, 0.15) is 0 Å². The number of rotatable bonds is 8. The molecule has 16 heavy (non-hydrogen) atoms. The first-order valence-corrected chi connectivity index (χ1v) is 8.05. The second kappa shape index (κ2) is 7.28. The molecule has 0 aliphatic carbocycles. The Balaban J connectivity index is 4.60. The van der Waals surface area contributed by atoms with Crippen LogP contribution in [-0.4, -0.2) is 32.0 Å². The van der Waals surface area contributed by atoms with Crippen molar-refractivity contribution in [3.8, 4) is 0 Å². The smallest absolute Gasteiger partial charge is 0.154 e. The molecule has 0 amide bonds. The molecule has 0 aliphatic rings. The molecular formula is C12H27NO2S. The summed E-state index contributed by atoms with van der Waals surface area (Å²) in [6, 6.07) is 0.0825. The van der Waals surface area contributed by atoms with E-state index in [4.69, 9.17) is 0 Å². The molecule has 0 radical (unpaired) electrons. The summed E-state index contributed by atoms with van der Waals surface area (Å²) in [4.78, 5) is 0. The number of hydrogen-bond acceptors (Lipinski definition) is 3. The predicted molar refractivity (Wildman–Crippen MR) is 70.5 cm³/mol. The molecule has 3 nitrogen and oxygen atoms in total. The molecule has 0 heterocycles. The van der Waals surface area contributed by atoms with Gasteiger partial charge in [-0.2, -0.15) is 0 Å². The molecule has 0 saturated carbocycles. The number of hydrogen-bond donors (Lipinski definition) is 1. The van der Waals surface area contributed by atoms with Gasteiger partial charge in [0.05, 0.1) is 11.0 Å². The standard InChI is InChI=1S/C12H27NO2S/c1-6-10(4)9-16(14,15)11(5)12(7-2)13-8-3/h10-13H,6-9H2,1-5H3. The normalized spacial score (nSPS) is 18.1. The highest BCUT2D eigenvalue weighted by molar-refractivity contribution is 7.92. The summed E-state index contributed by atoms with van der Waals surface area (Å²) in [6.45, 7) is 10.7. The van der Waals surface area contributed by atoms with Gasteiger partial charge in [0.15, 0.2) is 9.84 Å². The van der Waals surface area contributed by atoms with Crippen LogP contribution < -0.4 is 5.32 Å². The van der Waals surface area contributed by atoms with E-state index in [1.54, 1.807) is 0 Å². The molecule has 0 bridgehead atoms. The topological polar surface area (TPSA) is 46.2 Å². The molecule has 0 spiro atoms. The summed E-state index contributed by atoms with van der Waals surface area (Å²) in [5.41, 5.74) is 0. The van der Waals surface area contributed by atoms with Gasteiger partial charge in [0.25, 0.3) is 0 Å². The average molecular weight is 249 g/mol. The van der Waals surface area contributed by atoms with Crippen LogP contribution in [0.5, 0.6) is 0 Å². The van der Waals surface area contributed by atoms with Gasteiger partial charge >= 0.3 is 0 Å². The Morgan fingerprint density at radius 1 is 1.06 bits per heavy atom. The second-order valence-corrected chi connectivity index (χ2v) is 7.02. The second-order valence-electron chi connectivity index (χ2n) is 4.62. The van der Waals surface area contributed by atoms with E-state index in [0.29, 0.717) is 5.75 Å². The lowest BCUT2D eigenvalue weighted by molar-refractivity contribution is 0.477. The van der Waals surface area contributed by atoms with Crippen molar-refractivity contribution in [1.29, 1.82) is 0 Å². The molecule has 0 rings (SSSR count). The summed E-state index contributed by atoms with van der Waals surface area (Å²) in [5.74, 6) is 0.568. The fourth-order valence-electron chi connectivity index (χ4n) is 1.82. The summed E-state index contributed by atoms with van der Waals surface area (Å²) < 4.78 is 24.3. The Morgan fingerprint density at radius 2 is 1.62 bits per heavy atom. The van der Waals surface area contributed by atoms with Crippen LogP contribution in [0.4, 0.5) is 0 Å². The fraction of sp³-hybridized carbons (Fsp3) is 1.00. The van der Waals surface area contributed by atoms with Crippen LogP contribution >= 0.6 is 0 Å². The molecule has 0 aromatic rings. The van der Waals surface area contributed by atoms with Gasteiger partial charge in [0.2, 0.25) is 0 Å². The van der Waals surface area contributed by atoms with Gasteiger partial charge in [-0.05, 0) is 25.8 Å². The van der Waals surface area contributed by atoms with Gasteiger partial charge < -0.3 is 5.32 Å². The zero-order valence-electron chi connectivity index (χ0n) is 11.3. The van der Waals surface area contributed by atoms with E-state index in [1.165, 1.54) is 0 Å². The molecule has 0 saturated heterocycles. The van der Waals surface area contributed by atoms with Crippen LogP contribution in [0.2, 0.25) is 0 Å². The highest BCUT2D eigenvalue weighted by Crippen LogP contribution is 2.15. The van der Waals surface area contributed by atoms with Gasteiger partial charge in [-0.15, -0.1) is 0 Å². The van der Waals surface area contributed by atoms with Crippen LogP contribution in [-0.2, 0) is 9.84 Å². The van der Waals surface area contributed by atoms with E-state index >= 15 is 0 Å². The molecular weight excluding hydrogens is 222 g/mol. The zero-order chi connectivity index (χ0) is 12.8. The zero-order valence-corrected chi connectivity index (χ0v) is 12.1. The van der Waals surface area contributed by atoms with E-state index in [9.17, 15) is 8.42 Å². The first-order chi connectivity index (χ1) is 7.38. The van der Waals surface area contributed by atoms with Gasteiger partial charge in [-0.1, -0.05) is 34.1 Å². The van der Waals surface area contributed by atoms with Gasteiger partial charge in [0, 0.05) is 6.04 Å². The minimum Gasteiger partial charge on any atom is -0.313 e. The van der Waals surface area contributed by atoms with Crippen LogP contribution in [0.1, 0.15) is 47.5 Å². The largest absolute Gasteiger partial charge is 0.313 e. The van der Waals surface area contributed by atoms with Crippen molar-refractivity contribution in [2.45, 2.75) is 58.8 Å². The highest BCUT2D eigenvalue weighted by atomic mass is 32.2. The molecule has 1 N–H and O–H groups in total. The monoisotopic (exact) mass is 249 g/mol. The molecule has 3 unspecified atom stereocenters. The predicted octanol–water partition coefficient (Wildman–Crippen LogP) is 2.22. The third-order valence-electron chi connectivity index (χ3n) is 3.25. The van der Waals surface area contributed by atoms with Crippen molar-refractivity contribution in [1.82, 2.24) is 5.32 Å². The summed E-state index contributed by atoms with van der Waals surface area (Å²) in [7, 11) is -2.97. The molecule has 0 aromatic heterocycles. The number of sulfone groups is 1. The average Bonchev–Trinajstić information content (AvgIpc) is 2.24. The summed E-state index contributed by atoms with van der Waals surface area (Å²) >= 11 is 0. The van der Waals surface area contributed by atoms with Crippen molar-refractivity contribution in [3.63, 3.8) is 0 Å². The first-order valence-electron chi connectivity index (χ1n) is 6.33. The lowest BCUT2D eigenvalue weighted by Crippen LogP contribution is -2.43. The van der Waals surface area contributed by atoms with Crippen molar-refractivity contribution < 1.29 is 8.42 Å². The lowest BCUT2D eigenvalue weighted by atomic mass is 10.1. The van der Waals surface area contributed by atoms with Crippen LogP contribution in [0.3, 0.4) is 0 Å². The Kier molecular flexibility index (Phi) is 7.24. The fourth-order valence-corrected chi connectivity index (χ4v) is 3.94. The number of nitrogens with one attached hydrogen (secondary N) is 1. The Bertz CT molecular complexity index is 275. The molecule has 4 heteroatoms. The minimum absolute atomic E-state index is 0.0825. The maximum Gasteiger partial charge on any atom is 0.154 e. The van der Waals surface area contributed by atoms with Gasteiger partial charge in [-0.25, -0.2) is 8.42 Å². The minimum atomic E-state index is -2.97. The SMILES string of the molecule is CCNC(CC)C(C)S(=O)(=O)CC(C)CC. The molecule has 0 aromatic carbocycles. The Labute approximate surface area is 101 Å². The van der Waals surface area contributed by atoms with E-state index in [1.807, 2.05) is 34.6 Å². The van der Waals surface area contributed by atoms with Crippen LogP contribution in [0.25, 0.3) is 0 Å². The highest BCUT2D eigenvalue weighted by Gasteiger charge is 2.28. The Hall–Kier alpha value is -0.0900. The van der Waals surface area contributed by atoms with E-state index in [-0.39, 0.29) is 17.2 Å². The molecule has 3 atom stereocenters. The van der Waals surface area contributed by atoms with E-state index in [0.717, 1.165) is 19.4 Å². The maximum absolute atomic E-state index is 12.1.